The molecule has 0 saturated carbocycles. The van der Waals surface area contributed by atoms with Crippen LogP contribution in [0.1, 0.15) is 34.2 Å². The Labute approximate surface area is 189 Å². The maximum Gasteiger partial charge on any atom is 0.416 e. The Morgan fingerprint density at radius 3 is 2.55 bits per heavy atom. The Bertz CT molecular complexity index is 1180. The lowest BCUT2D eigenvalue weighted by Gasteiger charge is -2.29. The Kier molecular flexibility index (Phi) is 5.78. The van der Waals surface area contributed by atoms with Gasteiger partial charge in [-0.25, -0.2) is 0 Å². The standard InChI is InChI=1S/C25H25F3N2O3/c26-25(27,28)22-13-20(30-6-8-32-9-7-30)5-4-18(22)14-29-24(31)12-19-15-33-23-11-17-3-1-2-16(17)10-21(19)23/h4-5,10-11,13,15H,1-3,6-9,12,14H2,(H,29,31). The minimum atomic E-state index is -4.51. The van der Waals surface area contributed by atoms with E-state index in [1.807, 2.05) is 11.0 Å². The summed E-state index contributed by atoms with van der Waals surface area (Å²) in [6.07, 6.45) is 0.278. The first-order valence-electron chi connectivity index (χ1n) is 11.2. The fraction of sp³-hybridized carbons (Fsp3) is 0.400. The number of hydrogen-bond acceptors (Lipinski definition) is 4. The van der Waals surface area contributed by atoms with Gasteiger partial charge in [0.2, 0.25) is 5.91 Å². The summed E-state index contributed by atoms with van der Waals surface area (Å²) < 4.78 is 52.1. The monoisotopic (exact) mass is 458 g/mol. The smallest absolute Gasteiger partial charge is 0.416 e. The van der Waals surface area contributed by atoms with Crippen LogP contribution in [0.15, 0.2) is 41.0 Å². The van der Waals surface area contributed by atoms with E-state index in [9.17, 15) is 18.0 Å². The van der Waals surface area contributed by atoms with Crippen molar-refractivity contribution in [3.05, 3.63) is 64.4 Å². The number of hydrogen-bond donors (Lipinski definition) is 1. The normalized spacial score (nSPS) is 16.3. The number of rotatable bonds is 5. The maximum absolute atomic E-state index is 13.7. The number of anilines is 1. The van der Waals surface area contributed by atoms with Gasteiger partial charge in [-0.3, -0.25) is 4.79 Å². The first-order valence-corrected chi connectivity index (χ1v) is 11.2. The Morgan fingerprint density at radius 1 is 1.03 bits per heavy atom. The van der Waals surface area contributed by atoms with Crippen LogP contribution in [0, 0.1) is 0 Å². The minimum absolute atomic E-state index is 0.0442. The van der Waals surface area contributed by atoms with Crippen LogP contribution in [0.25, 0.3) is 11.0 Å². The Morgan fingerprint density at radius 2 is 1.79 bits per heavy atom. The van der Waals surface area contributed by atoms with Crippen LogP contribution in [0.3, 0.4) is 0 Å². The maximum atomic E-state index is 13.7. The average molecular weight is 458 g/mol. The van der Waals surface area contributed by atoms with Crippen molar-refractivity contribution in [3.63, 3.8) is 0 Å². The Balaban J connectivity index is 1.29. The summed E-state index contributed by atoms with van der Waals surface area (Å²) in [6.45, 7) is 1.89. The molecule has 1 aliphatic carbocycles. The highest BCUT2D eigenvalue weighted by atomic mass is 19.4. The molecule has 5 rings (SSSR count). The summed E-state index contributed by atoms with van der Waals surface area (Å²) in [5, 5.41) is 3.55. The lowest BCUT2D eigenvalue weighted by atomic mass is 10.0. The highest BCUT2D eigenvalue weighted by Gasteiger charge is 2.34. The van der Waals surface area contributed by atoms with E-state index in [2.05, 4.69) is 11.4 Å². The van der Waals surface area contributed by atoms with Crippen molar-refractivity contribution in [2.45, 2.75) is 38.4 Å². The van der Waals surface area contributed by atoms with Crippen molar-refractivity contribution >= 4 is 22.6 Å². The molecule has 0 atom stereocenters. The number of morpholine rings is 1. The number of amides is 1. The number of halogens is 3. The molecule has 0 radical (unpaired) electrons. The zero-order valence-electron chi connectivity index (χ0n) is 18.1. The number of carbonyl (C=O) groups excluding carboxylic acids is 1. The van der Waals surface area contributed by atoms with Gasteiger partial charge in [0.1, 0.15) is 5.58 Å². The van der Waals surface area contributed by atoms with E-state index in [4.69, 9.17) is 9.15 Å². The molecule has 174 valence electrons. The number of nitrogens with one attached hydrogen (secondary N) is 1. The van der Waals surface area contributed by atoms with Crippen molar-refractivity contribution in [3.8, 4) is 0 Å². The molecule has 8 heteroatoms. The van der Waals surface area contributed by atoms with Gasteiger partial charge in [0, 0.05) is 36.3 Å². The summed E-state index contributed by atoms with van der Waals surface area (Å²) in [5.74, 6) is -0.344. The van der Waals surface area contributed by atoms with Crippen LogP contribution < -0.4 is 10.2 Å². The molecule has 2 heterocycles. The van der Waals surface area contributed by atoms with Crippen molar-refractivity contribution in [2.75, 3.05) is 31.2 Å². The summed E-state index contributed by atoms with van der Waals surface area (Å²) >= 11 is 0. The van der Waals surface area contributed by atoms with Crippen LogP contribution in [-0.2, 0) is 41.5 Å². The van der Waals surface area contributed by atoms with Crippen LogP contribution in [0.4, 0.5) is 18.9 Å². The summed E-state index contributed by atoms with van der Waals surface area (Å²) in [4.78, 5) is 14.5. The molecule has 1 amide bonds. The van der Waals surface area contributed by atoms with Crippen LogP contribution in [0.5, 0.6) is 0 Å². The van der Waals surface area contributed by atoms with Crippen LogP contribution in [-0.4, -0.2) is 32.2 Å². The summed E-state index contributed by atoms with van der Waals surface area (Å²) in [6, 6.07) is 8.40. The number of aryl methyl sites for hydroxylation is 2. The molecule has 3 aromatic rings. The third-order valence-corrected chi connectivity index (χ3v) is 6.47. The average Bonchev–Trinajstić information content (AvgIpc) is 3.42. The fourth-order valence-corrected chi connectivity index (χ4v) is 4.71. The molecule has 1 aromatic heterocycles. The van der Waals surface area contributed by atoms with Crippen molar-refractivity contribution < 1.29 is 27.1 Å². The SMILES string of the molecule is O=C(Cc1coc2cc3c(cc12)CCC3)NCc1ccc(N2CCOCC2)cc1C(F)(F)F. The predicted octanol–water partition coefficient (Wildman–Crippen LogP) is 4.64. The highest BCUT2D eigenvalue weighted by Crippen LogP contribution is 2.35. The van der Waals surface area contributed by atoms with E-state index < -0.39 is 11.7 Å². The van der Waals surface area contributed by atoms with E-state index >= 15 is 0 Å². The molecular weight excluding hydrogens is 433 g/mol. The number of benzene rings is 2. The van der Waals surface area contributed by atoms with Gasteiger partial charge < -0.3 is 19.4 Å². The van der Waals surface area contributed by atoms with Crippen molar-refractivity contribution in [1.82, 2.24) is 5.32 Å². The lowest BCUT2D eigenvalue weighted by Crippen LogP contribution is -2.36. The second-order valence-corrected chi connectivity index (χ2v) is 8.62. The molecule has 33 heavy (non-hydrogen) atoms. The van der Waals surface area contributed by atoms with Gasteiger partial charge in [0.05, 0.1) is 31.5 Å². The molecule has 0 spiro atoms. The third kappa shape index (κ3) is 4.57. The largest absolute Gasteiger partial charge is 0.464 e. The van der Waals surface area contributed by atoms with E-state index in [0.29, 0.717) is 32.0 Å². The molecular formula is C25H25F3N2O3. The van der Waals surface area contributed by atoms with Crippen molar-refractivity contribution in [1.29, 1.82) is 0 Å². The first-order chi connectivity index (χ1) is 15.9. The highest BCUT2D eigenvalue weighted by molar-refractivity contribution is 5.88. The lowest BCUT2D eigenvalue weighted by molar-refractivity contribution is -0.138. The molecule has 5 nitrogen and oxygen atoms in total. The molecule has 1 saturated heterocycles. The van der Waals surface area contributed by atoms with Gasteiger partial charge in [-0.1, -0.05) is 6.07 Å². The van der Waals surface area contributed by atoms with E-state index in [1.165, 1.54) is 17.2 Å². The van der Waals surface area contributed by atoms with Gasteiger partial charge in [0.25, 0.3) is 0 Å². The number of furan rings is 1. The van der Waals surface area contributed by atoms with E-state index in [1.54, 1.807) is 12.3 Å². The second kappa shape index (κ2) is 8.74. The van der Waals surface area contributed by atoms with E-state index in [0.717, 1.165) is 41.9 Å². The molecule has 0 unspecified atom stereocenters. The van der Waals surface area contributed by atoms with Crippen molar-refractivity contribution in [2.24, 2.45) is 0 Å². The molecule has 0 bridgehead atoms. The van der Waals surface area contributed by atoms with Crippen LogP contribution >= 0.6 is 0 Å². The second-order valence-electron chi connectivity index (χ2n) is 8.62. The molecule has 1 aliphatic heterocycles. The zero-order chi connectivity index (χ0) is 23.0. The van der Waals surface area contributed by atoms with Gasteiger partial charge in [-0.2, -0.15) is 13.2 Å². The number of nitrogens with zero attached hydrogens (tertiary/aromatic N) is 1. The number of ether oxygens (including phenoxy) is 1. The predicted molar refractivity (Wildman–Crippen MR) is 118 cm³/mol. The summed E-state index contributed by atoms with van der Waals surface area (Å²) in [7, 11) is 0. The third-order valence-electron chi connectivity index (χ3n) is 6.47. The molecule has 2 aromatic carbocycles. The first kappa shape index (κ1) is 21.8. The quantitative estimate of drug-likeness (QED) is 0.606. The number of alkyl halides is 3. The fourth-order valence-electron chi connectivity index (χ4n) is 4.71. The molecule has 1 N–H and O–H groups in total. The zero-order valence-corrected chi connectivity index (χ0v) is 18.1. The number of fused-ring (bicyclic) bond motifs is 2. The van der Waals surface area contributed by atoms with E-state index in [-0.39, 0.29) is 24.4 Å². The minimum Gasteiger partial charge on any atom is -0.464 e. The number of carbonyl (C=O) groups is 1. The van der Waals surface area contributed by atoms with Gasteiger partial charge in [-0.05, 0) is 60.2 Å². The van der Waals surface area contributed by atoms with Gasteiger partial charge in [0.15, 0.2) is 0 Å². The molecule has 2 aliphatic rings. The summed E-state index contributed by atoms with van der Waals surface area (Å²) in [5.41, 5.74) is 3.89. The Hall–Kier alpha value is -3.00. The topological polar surface area (TPSA) is 54.7 Å². The van der Waals surface area contributed by atoms with Crippen LogP contribution in [0.2, 0.25) is 0 Å². The van der Waals surface area contributed by atoms with Gasteiger partial charge in [-0.15, -0.1) is 0 Å². The van der Waals surface area contributed by atoms with Gasteiger partial charge >= 0.3 is 6.18 Å². The molecule has 1 fully saturated rings.